The second-order valence-electron chi connectivity index (χ2n) is 9.02. The predicted octanol–water partition coefficient (Wildman–Crippen LogP) is 6.26. The molecule has 0 saturated carbocycles. The zero-order chi connectivity index (χ0) is 24.9. The summed E-state index contributed by atoms with van der Waals surface area (Å²) in [6, 6.07) is 17.2. The van der Waals surface area contributed by atoms with Crippen molar-refractivity contribution in [2.75, 3.05) is 20.2 Å². The predicted molar refractivity (Wildman–Crippen MR) is 139 cm³/mol. The molecule has 1 aliphatic heterocycles. The van der Waals surface area contributed by atoms with Gasteiger partial charge in [-0.25, -0.2) is 0 Å². The van der Waals surface area contributed by atoms with Gasteiger partial charge < -0.3 is 14.6 Å². The summed E-state index contributed by atoms with van der Waals surface area (Å²) in [5, 5.41) is 10.5. The molecule has 0 saturated heterocycles. The molecule has 184 valence electrons. The molecule has 1 aliphatic rings. The molecule has 0 bridgehead atoms. The number of carbonyl (C=O) groups is 1. The molecule has 6 heteroatoms. The van der Waals surface area contributed by atoms with Crippen LogP contribution in [0.3, 0.4) is 0 Å². The highest BCUT2D eigenvalue weighted by molar-refractivity contribution is 6.31. The third kappa shape index (κ3) is 5.80. The molecule has 1 heterocycles. The Labute approximate surface area is 212 Å². The van der Waals surface area contributed by atoms with Crippen molar-refractivity contribution in [2.45, 2.75) is 45.8 Å². The van der Waals surface area contributed by atoms with Crippen LogP contribution in [0.25, 0.3) is 0 Å². The fourth-order valence-corrected chi connectivity index (χ4v) is 5.00. The van der Waals surface area contributed by atoms with Crippen LogP contribution in [-0.2, 0) is 17.8 Å². The number of nitrogens with zero attached hydrogens (tertiary/aromatic N) is 1. The SMILES string of the molecule is CCC(=O)CCN1CCc2cc(OC)c(OCc3cccc(O)c3)cc2C1c1ccc(C)cc1Cl. The van der Waals surface area contributed by atoms with E-state index in [9.17, 15) is 9.90 Å². The summed E-state index contributed by atoms with van der Waals surface area (Å²) in [6.45, 7) is 5.73. The van der Waals surface area contributed by atoms with Gasteiger partial charge in [0.2, 0.25) is 0 Å². The average molecular weight is 494 g/mol. The summed E-state index contributed by atoms with van der Waals surface area (Å²) in [7, 11) is 1.64. The second-order valence-corrected chi connectivity index (χ2v) is 9.42. The molecule has 1 N–H and O–H groups in total. The van der Waals surface area contributed by atoms with Crippen LogP contribution in [0.2, 0.25) is 5.02 Å². The van der Waals surface area contributed by atoms with E-state index in [0.717, 1.165) is 35.2 Å². The molecule has 0 amide bonds. The van der Waals surface area contributed by atoms with E-state index in [1.165, 1.54) is 5.56 Å². The summed E-state index contributed by atoms with van der Waals surface area (Å²) >= 11 is 6.77. The van der Waals surface area contributed by atoms with Gasteiger partial charge in [0.25, 0.3) is 0 Å². The molecule has 4 rings (SSSR count). The van der Waals surface area contributed by atoms with Gasteiger partial charge in [-0.2, -0.15) is 0 Å². The molecule has 3 aromatic carbocycles. The molecule has 35 heavy (non-hydrogen) atoms. The summed E-state index contributed by atoms with van der Waals surface area (Å²) in [5.74, 6) is 1.77. The number of aromatic hydroxyl groups is 1. The number of benzene rings is 3. The minimum absolute atomic E-state index is 0.0921. The van der Waals surface area contributed by atoms with Crippen molar-refractivity contribution in [1.82, 2.24) is 4.90 Å². The number of halogens is 1. The Hall–Kier alpha value is -3.02. The van der Waals surface area contributed by atoms with Crippen molar-refractivity contribution in [1.29, 1.82) is 0 Å². The zero-order valence-electron chi connectivity index (χ0n) is 20.5. The number of hydrogen-bond acceptors (Lipinski definition) is 5. The normalized spacial score (nSPS) is 15.5. The highest BCUT2D eigenvalue weighted by Gasteiger charge is 2.32. The topological polar surface area (TPSA) is 59.0 Å². The van der Waals surface area contributed by atoms with Gasteiger partial charge in [-0.15, -0.1) is 0 Å². The van der Waals surface area contributed by atoms with Crippen LogP contribution in [-0.4, -0.2) is 36.0 Å². The van der Waals surface area contributed by atoms with Crippen LogP contribution in [0.4, 0.5) is 0 Å². The Morgan fingerprint density at radius 3 is 2.66 bits per heavy atom. The van der Waals surface area contributed by atoms with E-state index in [1.54, 1.807) is 25.3 Å². The van der Waals surface area contributed by atoms with Crippen LogP contribution >= 0.6 is 11.6 Å². The lowest BCUT2D eigenvalue weighted by molar-refractivity contribution is -0.119. The number of ketones is 1. The molecule has 1 unspecified atom stereocenters. The highest BCUT2D eigenvalue weighted by atomic mass is 35.5. The lowest BCUT2D eigenvalue weighted by Crippen LogP contribution is -2.37. The maximum Gasteiger partial charge on any atom is 0.162 e. The molecular weight excluding hydrogens is 462 g/mol. The van der Waals surface area contributed by atoms with Crippen molar-refractivity contribution in [3.63, 3.8) is 0 Å². The van der Waals surface area contributed by atoms with E-state index in [4.69, 9.17) is 21.1 Å². The number of Topliss-reactive ketones (excluding diaryl/α,β-unsaturated/α-hetero) is 1. The summed E-state index contributed by atoms with van der Waals surface area (Å²) in [4.78, 5) is 14.5. The summed E-state index contributed by atoms with van der Waals surface area (Å²) in [5.41, 5.74) is 5.28. The largest absolute Gasteiger partial charge is 0.508 e. The molecule has 0 aromatic heterocycles. The number of ether oxygens (including phenoxy) is 2. The number of phenolic OH excluding ortho intramolecular Hbond substituents is 1. The molecule has 1 atom stereocenters. The summed E-state index contributed by atoms with van der Waals surface area (Å²) in [6.07, 6.45) is 1.91. The third-order valence-electron chi connectivity index (χ3n) is 6.58. The zero-order valence-corrected chi connectivity index (χ0v) is 21.3. The van der Waals surface area contributed by atoms with Gasteiger partial charge >= 0.3 is 0 Å². The number of carbonyl (C=O) groups excluding carboxylic acids is 1. The molecule has 3 aromatic rings. The summed E-state index contributed by atoms with van der Waals surface area (Å²) < 4.78 is 11.8. The van der Waals surface area contributed by atoms with Crippen LogP contribution < -0.4 is 9.47 Å². The Balaban J connectivity index is 1.73. The minimum atomic E-state index is -0.0921. The standard InChI is InChI=1S/C29H32ClNO4/c1-4-22(32)11-13-31-12-10-21-16-27(34-3)28(35-18-20-6-5-7-23(33)15-20)17-25(21)29(31)24-9-8-19(2)14-26(24)30/h5-9,14-17,29,33H,4,10-13,18H2,1-3H3. The highest BCUT2D eigenvalue weighted by Crippen LogP contribution is 2.43. The molecule has 0 aliphatic carbocycles. The Morgan fingerprint density at radius 2 is 1.94 bits per heavy atom. The molecule has 5 nitrogen and oxygen atoms in total. The number of rotatable bonds is 9. The van der Waals surface area contributed by atoms with Crippen LogP contribution in [0.5, 0.6) is 17.2 Å². The van der Waals surface area contributed by atoms with Gasteiger partial charge in [-0.05, 0) is 71.5 Å². The van der Waals surface area contributed by atoms with Crippen LogP contribution in [0.1, 0.15) is 53.6 Å². The lowest BCUT2D eigenvalue weighted by Gasteiger charge is -2.38. The smallest absolute Gasteiger partial charge is 0.162 e. The van der Waals surface area contributed by atoms with Crippen LogP contribution in [0.15, 0.2) is 54.6 Å². The average Bonchev–Trinajstić information content (AvgIpc) is 2.85. The van der Waals surface area contributed by atoms with E-state index in [-0.39, 0.29) is 17.6 Å². The monoisotopic (exact) mass is 493 g/mol. The fraction of sp³-hybridized carbons (Fsp3) is 0.345. The van der Waals surface area contributed by atoms with Crippen molar-refractivity contribution in [3.05, 3.63) is 87.4 Å². The number of fused-ring (bicyclic) bond motifs is 1. The van der Waals surface area contributed by atoms with E-state index in [2.05, 4.69) is 23.1 Å². The van der Waals surface area contributed by atoms with Crippen molar-refractivity contribution >= 4 is 17.4 Å². The number of methoxy groups -OCH3 is 1. The lowest BCUT2D eigenvalue weighted by atomic mass is 9.87. The van der Waals surface area contributed by atoms with E-state index >= 15 is 0 Å². The third-order valence-corrected chi connectivity index (χ3v) is 6.91. The quantitative estimate of drug-likeness (QED) is 0.381. The number of phenols is 1. The first-order valence-corrected chi connectivity index (χ1v) is 12.4. The first-order valence-electron chi connectivity index (χ1n) is 12.0. The minimum Gasteiger partial charge on any atom is -0.508 e. The maximum absolute atomic E-state index is 12.1. The second kappa shape index (κ2) is 11.1. The number of aryl methyl sites for hydroxylation is 1. The molecule has 0 radical (unpaired) electrons. The van der Waals surface area contributed by atoms with Gasteiger partial charge in [-0.3, -0.25) is 9.69 Å². The van der Waals surface area contributed by atoms with Gasteiger partial charge in [0.1, 0.15) is 18.1 Å². The van der Waals surface area contributed by atoms with E-state index < -0.39 is 0 Å². The van der Waals surface area contributed by atoms with E-state index in [1.807, 2.05) is 32.0 Å². The maximum atomic E-state index is 12.1. The number of hydrogen-bond donors (Lipinski definition) is 1. The first kappa shape index (κ1) is 25.1. The Bertz CT molecular complexity index is 1210. The first-order chi connectivity index (χ1) is 16.9. The van der Waals surface area contributed by atoms with Gasteiger partial charge in [-0.1, -0.05) is 42.8 Å². The van der Waals surface area contributed by atoms with Gasteiger partial charge in [0, 0.05) is 31.0 Å². The van der Waals surface area contributed by atoms with Crippen molar-refractivity contribution in [2.24, 2.45) is 0 Å². The van der Waals surface area contributed by atoms with Gasteiger partial charge in [0.15, 0.2) is 11.5 Å². The van der Waals surface area contributed by atoms with Crippen LogP contribution in [0, 0.1) is 6.92 Å². The molecular formula is C29H32ClNO4. The van der Waals surface area contributed by atoms with Crippen molar-refractivity contribution in [3.8, 4) is 17.2 Å². The van der Waals surface area contributed by atoms with Crippen molar-refractivity contribution < 1.29 is 19.4 Å². The molecule has 0 fully saturated rings. The van der Waals surface area contributed by atoms with E-state index in [0.29, 0.717) is 42.5 Å². The Kier molecular flexibility index (Phi) is 7.99. The fourth-order valence-electron chi connectivity index (χ4n) is 4.66. The Morgan fingerprint density at radius 1 is 1.11 bits per heavy atom. The molecule has 0 spiro atoms. The van der Waals surface area contributed by atoms with Gasteiger partial charge in [0.05, 0.1) is 13.2 Å².